The first-order chi connectivity index (χ1) is 13.6. The Balaban J connectivity index is 1.51. The van der Waals surface area contributed by atoms with E-state index in [0.29, 0.717) is 32.5 Å². The zero-order valence-corrected chi connectivity index (χ0v) is 17.3. The highest BCUT2D eigenvalue weighted by atomic mass is 16.4. The zero-order valence-electron chi connectivity index (χ0n) is 17.3. The lowest BCUT2D eigenvalue weighted by Gasteiger charge is -2.46. The van der Waals surface area contributed by atoms with Gasteiger partial charge in [-0.2, -0.15) is 0 Å². The fraction of sp³-hybridized carbons (Fsp3) is 0.857. The molecule has 2 atom stereocenters. The van der Waals surface area contributed by atoms with Gasteiger partial charge in [0.15, 0.2) is 0 Å². The minimum absolute atomic E-state index is 0.100. The topological polar surface area (TPSA) is 90.0 Å². The molecule has 2 aliphatic rings. The molecule has 0 bridgehead atoms. The van der Waals surface area contributed by atoms with E-state index in [4.69, 9.17) is 5.11 Å². The second-order valence-corrected chi connectivity index (χ2v) is 8.09. The molecule has 3 amide bonds. The molecule has 0 spiro atoms. The molecule has 28 heavy (non-hydrogen) atoms. The van der Waals surface area contributed by atoms with Crippen molar-refractivity contribution in [2.75, 3.05) is 19.6 Å². The van der Waals surface area contributed by atoms with E-state index in [1.165, 1.54) is 56.3 Å². The lowest BCUT2D eigenvalue weighted by molar-refractivity contribution is -0.154. The molecule has 160 valence electrons. The summed E-state index contributed by atoms with van der Waals surface area (Å²) >= 11 is 0. The number of hydrogen-bond acceptors (Lipinski definition) is 3. The monoisotopic (exact) mass is 395 g/mol. The van der Waals surface area contributed by atoms with E-state index < -0.39 is 18.2 Å². The molecule has 2 aliphatic heterocycles. The maximum atomic E-state index is 12.4. The fourth-order valence-electron chi connectivity index (χ4n) is 3.93. The molecule has 2 saturated heterocycles. The second kappa shape index (κ2) is 11.9. The molecule has 2 N–H and O–H groups in total. The third-order valence-corrected chi connectivity index (χ3v) is 5.99. The number of carboxylic acid groups (broad SMARTS) is 1. The summed E-state index contributed by atoms with van der Waals surface area (Å²) in [6, 6.07) is -1.03. The predicted molar refractivity (Wildman–Crippen MR) is 108 cm³/mol. The number of unbranched alkanes of at least 4 members (excludes halogenated alkanes) is 9. The molecule has 2 heterocycles. The maximum absolute atomic E-state index is 12.4. The van der Waals surface area contributed by atoms with Gasteiger partial charge in [-0.15, -0.1) is 0 Å². The summed E-state index contributed by atoms with van der Waals surface area (Å²) in [4.78, 5) is 38.5. The Morgan fingerprint density at radius 1 is 0.821 bits per heavy atom. The van der Waals surface area contributed by atoms with Crippen LogP contribution in [0.2, 0.25) is 0 Å². The summed E-state index contributed by atoms with van der Waals surface area (Å²) in [5.74, 6) is -0.323. The number of nitrogens with zero attached hydrogens (tertiary/aromatic N) is 2. The van der Waals surface area contributed by atoms with E-state index >= 15 is 0 Å². The molecule has 0 radical (unpaired) electrons. The maximum Gasteiger partial charge on any atom is 0.407 e. The van der Waals surface area contributed by atoms with Crippen LogP contribution in [0.1, 0.15) is 84.0 Å². The van der Waals surface area contributed by atoms with Crippen molar-refractivity contribution in [1.82, 2.24) is 15.1 Å². The van der Waals surface area contributed by atoms with Gasteiger partial charge < -0.3 is 15.3 Å². The highest BCUT2D eigenvalue weighted by Crippen LogP contribution is 2.25. The lowest BCUT2D eigenvalue weighted by atomic mass is 9.96. The minimum Gasteiger partial charge on any atom is -0.465 e. The van der Waals surface area contributed by atoms with E-state index in [2.05, 4.69) is 12.2 Å². The largest absolute Gasteiger partial charge is 0.465 e. The molecule has 0 aliphatic carbocycles. The quantitative estimate of drug-likeness (QED) is 0.468. The van der Waals surface area contributed by atoms with E-state index in [0.717, 1.165) is 17.7 Å². The average Bonchev–Trinajstić information content (AvgIpc) is 2.57. The molecule has 0 aromatic heterocycles. The van der Waals surface area contributed by atoms with Gasteiger partial charge in [0.1, 0.15) is 12.1 Å². The Labute approximate surface area is 168 Å². The Hall–Kier alpha value is -1.79. The summed E-state index contributed by atoms with van der Waals surface area (Å²) < 4.78 is 0. The van der Waals surface area contributed by atoms with Crippen LogP contribution in [0.3, 0.4) is 0 Å². The summed E-state index contributed by atoms with van der Waals surface area (Å²) in [5.41, 5.74) is 0. The number of hydrogen-bond donors (Lipinski definition) is 2. The van der Waals surface area contributed by atoms with Crippen LogP contribution in [-0.4, -0.2) is 64.5 Å². The van der Waals surface area contributed by atoms with E-state index in [9.17, 15) is 14.4 Å². The molecule has 0 aromatic carbocycles. The molecule has 2 unspecified atom stereocenters. The highest BCUT2D eigenvalue weighted by molar-refractivity contribution is 5.93. The Morgan fingerprint density at radius 3 is 1.82 bits per heavy atom. The van der Waals surface area contributed by atoms with Gasteiger partial charge in [-0.1, -0.05) is 64.7 Å². The van der Waals surface area contributed by atoms with Gasteiger partial charge in [0, 0.05) is 19.6 Å². The van der Waals surface area contributed by atoms with E-state index in [1.807, 2.05) is 0 Å². The Kier molecular flexibility index (Phi) is 9.58. The van der Waals surface area contributed by atoms with Gasteiger partial charge in [-0.3, -0.25) is 14.5 Å². The summed E-state index contributed by atoms with van der Waals surface area (Å²) in [7, 11) is 0. The van der Waals surface area contributed by atoms with Crippen LogP contribution < -0.4 is 5.32 Å². The van der Waals surface area contributed by atoms with E-state index in [1.54, 1.807) is 0 Å². The SMILES string of the molecule is CCCCCCCCCCCCNC(=O)C1CCN1C(=O)C1CCN1C(=O)O. The molecular formula is C21H37N3O4. The van der Waals surface area contributed by atoms with Crippen LogP contribution in [0.25, 0.3) is 0 Å². The van der Waals surface area contributed by atoms with Gasteiger partial charge in [-0.25, -0.2) is 4.79 Å². The number of likely N-dealkylation sites (tertiary alicyclic amines) is 2. The Bertz CT molecular complexity index is 526. The molecule has 7 nitrogen and oxygen atoms in total. The average molecular weight is 396 g/mol. The third-order valence-electron chi connectivity index (χ3n) is 5.99. The zero-order chi connectivity index (χ0) is 20.4. The predicted octanol–water partition coefficient (Wildman–Crippen LogP) is 3.38. The van der Waals surface area contributed by atoms with Crippen molar-refractivity contribution >= 4 is 17.9 Å². The van der Waals surface area contributed by atoms with Crippen molar-refractivity contribution in [3.63, 3.8) is 0 Å². The Morgan fingerprint density at radius 2 is 1.36 bits per heavy atom. The second-order valence-electron chi connectivity index (χ2n) is 8.09. The van der Waals surface area contributed by atoms with Crippen molar-refractivity contribution in [2.45, 2.75) is 96.1 Å². The van der Waals surface area contributed by atoms with Gasteiger partial charge in [-0.05, 0) is 19.3 Å². The highest BCUT2D eigenvalue weighted by Gasteiger charge is 2.45. The molecule has 2 fully saturated rings. The van der Waals surface area contributed by atoms with Crippen molar-refractivity contribution in [3.8, 4) is 0 Å². The molecular weight excluding hydrogens is 358 g/mol. The summed E-state index contributed by atoms with van der Waals surface area (Å²) in [6.07, 6.45) is 12.7. The van der Waals surface area contributed by atoms with Crippen molar-refractivity contribution in [3.05, 3.63) is 0 Å². The van der Waals surface area contributed by atoms with Crippen LogP contribution in [-0.2, 0) is 9.59 Å². The number of nitrogens with one attached hydrogen (secondary N) is 1. The van der Waals surface area contributed by atoms with Crippen LogP contribution in [0.4, 0.5) is 4.79 Å². The summed E-state index contributed by atoms with van der Waals surface area (Å²) in [6.45, 7) is 3.83. The molecule has 2 rings (SSSR count). The van der Waals surface area contributed by atoms with Crippen LogP contribution in [0.15, 0.2) is 0 Å². The van der Waals surface area contributed by atoms with Gasteiger partial charge in [0.05, 0.1) is 0 Å². The fourth-order valence-corrected chi connectivity index (χ4v) is 3.93. The van der Waals surface area contributed by atoms with Crippen LogP contribution in [0, 0.1) is 0 Å². The van der Waals surface area contributed by atoms with Gasteiger partial charge in [0.25, 0.3) is 0 Å². The number of amides is 3. The lowest BCUT2D eigenvalue weighted by Crippen LogP contribution is -2.66. The van der Waals surface area contributed by atoms with Gasteiger partial charge in [0.2, 0.25) is 11.8 Å². The van der Waals surface area contributed by atoms with E-state index in [-0.39, 0.29) is 11.8 Å². The molecule has 7 heteroatoms. The molecule has 0 saturated carbocycles. The minimum atomic E-state index is -1.06. The van der Waals surface area contributed by atoms with Crippen molar-refractivity contribution in [2.24, 2.45) is 0 Å². The first kappa shape index (κ1) is 22.5. The number of rotatable bonds is 13. The molecule has 0 aromatic rings. The standard InChI is InChI=1S/C21H37N3O4/c1-2-3-4-5-6-7-8-9-10-11-14-22-19(25)17-12-15-23(17)20(26)18-13-16-24(18)21(27)28/h17-18H,2-16H2,1H3,(H,22,25)(H,27,28). The third kappa shape index (κ3) is 6.38. The first-order valence-electron chi connectivity index (χ1n) is 11.1. The van der Waals surface area contributed by atoms with Crippen molar-refractivity contribution < 1.29 is 19.5 Å². The van der Waals surface area contributed by atoms with Crippen LogP contribution in [0.5, 0.6) is 0 Å². The number of carbonyl (C=O) groups is 3. The van der Waals surface area contributed by atoms with Gasteiger partial charge >= 0.3 is 6.09 Å². The van der Waals surface area contributed by atoms with Crippen LogP contribution >= 0.6 is 0 Å². The number of carbonyl (C=O) groups excluding carboxylic acids is 2. The smallest absolute Gasteiger partial charge is 0.407 e. The normalized spacial score (nSPS) is 21.0. The summed E-state index contributed by atoms with van der Waals surface area (Å²) in [5, 5.41) is 12.0. The first-order valence-corrected chi connectivity index (χ1v) is 11.1. The van der Waals surface area contributed by atoms with Crippen molar-refractivity contribution in [1.29, 1.82) is 0 Å².